The van der Waals surface area contributed by atoms with Gasteiger partial charge in [0.2, 0.25) is 5.13 Å². The van der Waals surface area contributed by atoms with Crippen molar-refractivity contribution in [2.75, 3.05) is 10.6 Å². The lowest BCUT2D eigenvalue weighted by Crippen LogP contribution is -2.19. The first-order chi connectivity index (χ1) is 14.9. The molecule has 0 aliphatic carbocycles. The molecule has 0 spiro atoms. The molecule has 0 aliphatic rings. The molecule has 31 heavy (non-hydrogen) atoms. The lowest BCUT2D eigenvalue weighted by atomic mass is 10.2. The molecule has 0 bridgehead atoms. The van der Waals surface area contributed by atoms with Crippen molar-refractivity contribution in [2.24, 2.45) is 0 Å². The molecule has 0 saturated heterocycles. The zero-order valence-electron chi connectivity index (χ0n) is 16.5. The van der Waals surface area contributed by atoms with Gasteiger partial charge in [0.25, 0.3) is 5.56 Å². The van der Waals surface area contributed by atoms with Crippen LogP contribution in [0.4, 0.5) is 20.0 Å². The van der Waals surface area contributed by atoms with E-state index in [0.717, 1.165) is 5.56 Å². The number of urea groups is 1. The number of aryl methyl sites for hydroxylation is 2. The van der Waals surface area contributed by atoms with Gasteiger partial charge in [-0.1, -0.05) is 29.2 Å². The number of hydrogen-bond donors (Lipinski definition) is 2. The second-order valence-electron chi connectivity index (χ2n) is 6.72. The van der Waals surface area contributed by atoms with Crippen LogP contribution in [0.3, 0.4) is 0 Å². The number of benzene rings is 1. The Bertz CT molecular complexity index is 1340. The van der Waals surface area contributed by atoms with E-state index >= 15 is 0 Å². The Hall–Kier alpha value is -3.31. The van der Waals surface area contributed by atoms with Gasteiger partial charge in [0.05, 0.1) is 5.69 Å². The summed E-state index contributed by atoms with van der Waals surface area (Å²) in [5, 5.41) is 13.4. The van der Waals surface area contributed by atoms with Crippen molar-refractivity contribution in [3.8, 4) is 0 Å². The highest BCUT2D eigenvalue weighted by Crippen LogP contribution is 2.28. The fraction of sp³-hybridized carbons (Fsp3) is 0.150. The first-order valence-corrected chi connectivity index (χ1v) is 11.0. The molecule has 0 unspecified atom stereocenters. The number of amides is 2. The van der Waals surface area contributed by atoms with Gasteiger partial charge in [-0.3, -0.25) is 14.5 Å². The lowest BCUT2D eigenvalue weighted by molar-refractivity contribution is 0.262. The topological polar surface area (TPSA) is 101 Å². The molecule has 2 amide bonds. The number of nitrogens with zero attached hydrogens (tertiary/aromatic N) is 4. The standard InChI is InChI=1S/C20H17FN6O2S2/c1-11-5-6-27-16(7-11)22-14(9-17(27)28)10-30-20-26-25-19(31-20)24-18(29)23-13-4-3-12(2)15(21)8-13/h3-9H,10H2,1-2H3,(H2,23,24,25,29). The zero-order chi connectivity index (χ0) is 22.0. The summed E-state index contributed by atoms with van der Waals surface area (Å²) in [7, 11) is 0. The van der Waals surface area contributed by atoms with Gasteiger partial charge in [-0.2, -0.15) is 0 Å². The highest BCUT2D eigenvalue weighted by atomic mass is 32.2. The van der Waals surface area contributed by atoms with Crippen LogP contribution in [-0.4, -0.2) is 25.6 Å². The highest BCUT2D eigenvalue weighted by Gasteiger charge is 2.11. The van der Waals surface area contributed by atoms with E-state index < -0.39 is 11.8 Å². The third-order valence-corrected chi connectivity index (χ3v) is 6.28. The van der Waals surface area contributed by atoms with Crippen molar-refractivity contribution < 1.29 is 9.18 Å². The number of fused-ring (bicyclic) bond motifs is 1. The summed E-state index contributed by atoms with van der Waals surface area (Å²) in [6, 6.07) is 9.09. The van der Waals surface area contributed by atoms with Crippen LogP contribution in [-0.2, 0) is 5.75 Å². The number of halogens is 1. The summed E-state index contributed by atoms with van der Waals surface area (Å²) < 4.78 is 15.7. The number of carbonyl (C=O) groups excluding carboxylic acids is 1. The van der Waals surface area contributed by atoms with Crippen LogP contribution in [0.1, 0.15) is 16.8 Å². The van der Waals surface area contributed by atoms with Crippen molar-refractivity contribution >= 4 is 45.6 Å². The fourth-order valence-electron chi connectivity index (χ4n) is 2.71. The number of carbonyl (C=O) groups is 1. The van der Waals surface area contributed by atoms with E-state index in [2.05, 4.69) is 25.8 Å². The third kappa shape index (κ3) is 5.06. The SMILES string of the molecule is Cc1ccn2c(=O)cc(CSc3nnc(NC(=O)Nc4ccc(C)c(F)c4)s3)nc2c1. The number of rotatable bonds is 5. The Morgan fingerprint density at radius 3 is 2.81 bits per heavy atom. The average molecular weight is 457 g/mol. The van der Waals surface area contributed by atoms with Crippen molar-refractivity contribution in [1.29, 1.82) is 0 Å². The molecule has 0 radical (unpaired) electrons. The highest BCUT2D eigenvalue weighted by molar-refractivity contribution is 8.00. The van der Waals surface area contributed by atoms with Gasteiger partial charge in [-0.25, -0.2) is 14.2 Å². The smallest absolute Gasteiger partial charge is 0.308 e. The third-order valence-electron chi connectivity index (χ3n) is 4.28. The number of pyridine rings is 1. The van der Waals surface area contributed by atoms with Crippen LogP contribution < -0.4 is 16.2 Å². The van der Waals surface area contributed by atoms with E-state index in [1.54, 1.807) is 25.3 Å². The van der Waals surface area contributed by atoms with E-state index in [9.17, 15) is 14.0 Å². The van der Waals surface area contributed by atoms with Crippen LogP contribution in [0, 0.1) is 19.7 Å². The van der Waals surface area contributed by atoms with Crippen LogP contribution >= 0.6 is 23.1 Å². The lowest BCUT2D eigenvalue weighted by Gasteiger charge is -2.06. The summed E-state index contributed by atoms with van der Waals surface area (Å²) >= 11 is 2.55. The molecular weight excluding hydrogens is 439 g/mol. The normalized spacial score (nSPS) is 10.9. The first kappa shape index (κ1) is 20.9. The van der Waals surface area contributed by atoms with Gasteiger partial charge in [0.15, 0.2) is 4.34 Å². The molecule has 0 saturated carbocycles. The average Bonchev–Trinajstić information content (AvgIpc) is 3.16. The van der Waals surface area contributed by atoms with E-state index in [4.69, 9.17) is 0 Å². The van der Waals surface area contributed by atoms with Crippen molar-refractivity contribution in [3.63, 3.8) is 0 Å². The predicted molar refractivity (Wildman–Crippen MR) is 119 cm³/mol. The predicted octanol–water partition coefficient (Wildman–Crippen LogP) is 4.24. The Kier molecular flexibility index (Phi) is 5.96. The van der Waals surface area contributed by atoms with E-state index in [1.165, 1.54) is 39.6 Å². The van der Waals surface area contributed by atoms with Gasteiger partial charge in [0.1, 0.15) is 11.5 Å². The molecule has 1 aromatic carbocycles. The van der Waals surface area contributed by atoms with Crippen LogP contribution in [0.25, 0.3) is 5.65 Å². The summed E-state index contributed by atoms with van der Waals surface area (Å²) in [4.78, 5) is 28.9. The number of anilines is 2. The minimum Gasteiger partial charge on any atom is -0.308 e. The number of aromatic nitrogens is 4. The molecule has 3 heterocycles. The molecule has 4 aromatic rings. The Morgan fingerprint density at radius 1 is 1.16 bits per heavy atom. The molecule has 11 heteroatoms. The Balaban J connectivity index is 1.38. The van der Waals surface area contributed by atoms with Crippen LogP contribution in [0.2, 0.25) is 0 Å². The summed E-state index contributed by atoms with van der Waals surface area (Å²) in [6.07, 6.45) is 1.70. The van der Waals surface area contributed by atoms with Gasteiger partial charge >= 0.3 is 6.03 Å². The summed E-state index contributed by atoms with van der Waals surface area (Å²) in [6.45, 7) is 3.58. The van der Waals surface area contributed by atoms with Gasteiger partial charge in [-0.05, 0) is 49.2 Å². The molecule has 0 fully saturated rings. The molecule has 0 atom stereocenters. The molecule has 4 rings (SSSR count). The van der Waals surface area contributed by atoms with E-state index in [-0.39, 0.29) is 5.56 Å². The quantitative estimate of drug-likeness (QED) is 0.344. The maximum Gasteiger partial charge on any atom is 0.325 e. The second kappa shape index (κ2) is 8.82. The second-order valence-corrected chi connectivity index (χ2v) is 8.92. The summed E-state index contributed by atoms with van der Waals surface area (Å²) in [5.74, 6) is 0.0351. The monoisotopic (exact) mass is 456 g/mol. The Labute approximate surface area is 184 Å². The minimum absolute atomic E-state index is 0.149. The molecule has 3 aromatic heterocycles. The minimum atomic E-state index is -0.546. The molecular formula is C20H17FN6O2S2. The fourth-order valence-corrected chi connectivity index (χ4v) is 4.35. The molecule has 8 nitrogen and oxygen atoms in total. The maximum atomic E-state index is 13.6. The van der Waals surface area contributed by atoms with Gasteiger partial charge in [-0.15, -0.1) is 10.2 Å². The largest absolute Gasteiger partial charge is 0.325 e. The van der Waals surface area contributed by atoms with Gasteiger partial charge < -0.3 is 5.32 Å². The first-order valence-electron chi connectivity index (χ1n) is 9.17. The Morgan fingerprint density at radius 2 is 2.00 bits per heavy atom. The molecule has 2 N–H and O–H groups in total. The maximum absolute atomic E-state index is 13.6. The molecule has 0 aliphatic heterocycles. The van der Waals surface area contributed by atoms with Gasteiger partial charge in [0, 0.05) is 23.7 Å². The number of thioether (sulfide) groups is 1. The summed E-state index contributed by atoms with van der Waals surface area (Å²) in [5.41, 5.74) is 2.92. The van der Waals surface area contributed by atoms with Crippen LogP contribution in [0.15, 0.2) is 51.7 Å². The van der Waals surface area contributed by atoms with Crippen molar-refractivity contribution in [2.45, 2.75) is 23.9 Å². The van der Waals surface area contributed by atoms with E-state index in [0.29, 0.717) is 37.8 Å². The van der Waals surface area contributed by atoms with E-state index in [1.807, 2.05) is 19.1 Å². The van der Waals surface area contributed by atoms with Crippen molar-refractivity contribution in [1.82, 2.24) is 19.6 Å². The zero-order valence-corrected chi connectivity index (χ0v) is 18.2. The number of nitrogens with one attached hydrogen (secondary N) is 2. The number of hydrogen-bond acceptors (Lipinski definition) is 7. The molecule has 158 valence electrons. The van der Waals surface area contributed by atoms with Crippen molar-refractivity contribution in [3.05, 3.63) is 75.6 Å². The van der Waals surface area contributed by atoms with Crippen LogP contribution in [0.5, 0.6) is 0 Å².